The Morgan fingerprint density at radius 2 is 1.88 bits per heavy atom. The lowest BCUT2D eigenvalue weighted by Gasteiger charge is -2.52. The highest BCUT2D eigenvalue weighted by molar-refractivity contribution is 5.46. The second-order valence-electron chi connectivity index (χ2n) is 10.1. The van der Waals surface area contributed by atoms with E-state index in [0.29, 0.717) is 12.0 Å². The number of anilines is 1. The van der Waals surface area contributed by atoms with E-state index in [0.717, 1.165) is 57.1 Å². The number of hydrogen-bond donors (Lipinski definition) is 1. The highest BCUT2D eigenvalue weighted by atomic mass is 16.5. The van der Waals surface area contributed by atoms with Crippen LogP contribution in [0.4, 0.5) is 5.69 Å². The molecule has 33 heavy (non-hydrogen) atoms. The number of pyridine rings is 1. The summed E-state index contributed by atoms with van der Waals surface area (Å²) in [7, 11) is 0. The molecule has 1 aromatic carbocycles. The molecule has 1 aliphatic heterocycles. The van der Waals surface area contributed by atoms with E-state index in [1.807, 2.05) is 18.5 Å². The molecule has 6 nitrogen and oxygen atoms in total. The van der Waals surface area contributed by atoms with E-state index in [-0.39, 0.29) is 5.41 Å². The monoisotopic (exact) mass is 445 g/mol. The van der Waals surface area contributed by atoms with E-state index < -0.39 is 0 Å². The van der Waals surface area contributed by atoms with Crippen LogP contribution in [-0.2, 0) is 19.5 Å². The van der Waals surface area contributed by atoms with Crippen LogP contribution >= 0.6 is 0 Å². The lowest BCUT2D eigenvalue weighted by molar-refractivity contribution is 0.0125. The van der Waals surface area contributed by atoms with Crippen LogP contribution in [0.2, 0.25) is 0 Å². The zero-order valence-electron chi connectivity index (χ0n) is 19.8. The van der Waals surface area contributed by atoms with Crippen LogP contribution in [0.1, 0.15) is 37.3 Å². The molecule has 0 amide bonds. The van der Waals surface area contributed by atoms with Gasteiger partial charge in [0.25, 0.3) is 0 Å². The molecule has 1 aliphatic carbocycles. The summed E-state index contributed by atoms with van der Waals surface area (Å²) in [6, 6.07) is 17.5. The average Bonchev–Trinajstić information content (AvgIpc) is 3.29. The molecule has 1 saturated heterocycles. The maximum absolute atomic E-state index is 5.72. The average molecular weight is 446 g/mol. The van der Waals surface area contributed by atoms with Crippen molar-refractivity contribution in [3.63, 3.8) is 0 Å². The summed E-state index contributed by atoms with van der Waals surface area (Å²) in [4.78, 5) is 9.14. The Labute approximate surface area is 197 Å². The highest BCUT2D eigenvalue weighted by Crippen LogP contribution is 2.47. The minimum absolute atomic E-state index is 0.245. The zero-order valence-corrected chi connectivity index (χ0v) is 19.8. The minimum Gasteiger partial charge on any atom is -0.369 e. The van der Waals surface area contributed by atoms with Gasteiger partial charge in [-0.3, -0.25) is 9.88 Å². The number of hydrogen-bond acceptors (Lipinski definition) is 6. The summed E-state index contributed by atoms with van der Waals surface area (Å²) in [6.45, 7) is 10.7. The van der Waals surface area contributed by atoms with Gasteiger partial charge in [0.1, 0.15) is 0 Å². The third kappa shape index (κ3) is 5.12. The van der Waals surface area contributed by atoms with Gasteiger partial charge in [0.15, 0.2) is 5.76 Å². The van der Waals surface area contributed by atoms with Crippen molar-refractivity contribution in [1.82, 2.24) is 20.4 Å². The van der Waals surface area contributed by atoms with Crippen molar-refractivity contribution in [3.8, 4) is 0 Å². The van der Waals surface area contributed by atoms with Crippen molar-refractivity contribution in [1.29, 1.82) is 0 Å². The number of nitrogens with zero attached hydrogens (tertiary/aromatic N) is 4. The lowest BCUT2D eigenvalue weighted by Crippen LogP contribution is -2.57. The number of aromatic nitrogens is 2. The van der Waals surface area contributed by atoms with Crippen LogP contribution in [0.5, 0.6) is 0 Å². The predicted octanol–water partition coefficient (Wildman–Crippen LogP) is 4.14. The van der Waals surface area contributed by atoms with Gasteiger partial charge in [0.2, 0.25) is 0 Å². The summed E-state index contributed by atoms with van der Waals surface area (Å²) in [5.74, 6) is 1.61. The van der Waals surface area contributed by atoms with E-state index in [4.69, 9.17) is 4.52 Å². The zero-order chi connectivity index (χ0) is 22.7. The minimum atomic E-state index is 0.245. The van der Waals surface area contributed by atoms with Crippen molar-refractivity contribution >= 4 is 5.69 Å². The number of rotatable bonds is 8. The van der Waals surface area contributed by atoms with Gasteiger partial charge in [0.05, 0.1) is 12.2 Å². The van der Waals surface area contributed by atoms with E-state index in [2.05, 4.69) is 81.6 Å². The first-order valence-electron chi connectivity index (χ1n) is 12.2. The third-order valence-electron chi connectivity index (χ3n) is 7.68. The first kappa shape index (κ1) is 22.1. The normalized spacial score (nSPS) is 22.8. The molecule has 2 aromatic heterocycles. The Morgan fingerprint density at radius 1 is 1.06 bits per heavy atom. The van der Waals surface area contributed by atoms with Gasteiger partial charge in [-0.2, -0.15) is 0 Å². The molecule has 2 aliphatic rings. The largest absolute Gasteiger partial charge is 0.369 e. The smallest absolute Gasteiger partial charge is 0.150 e. The quantitative estimate of drug-likeness (QED) is 0.562. The van der Waals surface area contributed by atoms with Crippen LogP contribution in [0.25, 0.3) is 0 Å². The molecule has 2 atom stereocenters. The molecular weight excluding hydrogens is 410 g/mol. The Balaban J connectivity index is 1.08. The standard InChI is InChI=1S/C27H35N5O/c1-27(2)22(16-26(27)29-19-21-7-6-10-28-18-21)15-23-17-25(33-30-23)20-31-11-13-32(14-12-31)24-8-4-3-5-9-24/h3-10,17-18,22,26,29H,11-16,19-20H2,1-2H3. The lowest BCUT2D eigenvalue weighted by atomic mass is 9.57. The van der Waals surface area contributed by atoms with Gasteiger partial charge in [0, 0.05) is 62.9 Å². The Hall–Kier alpha value is -2.70. The number of benzene rings is 1. The molecule has 3 aromatic rings. The maximum atomic E-state index is 5.72. The van der Waals surface area contributed by atoms with E-state index in [1.165, 1.54) is 17.7 Å². The van der Waals surface area contributed by atoms with Crippen molar-refractivity contribution in [3.05, 3.63) is 77.9 Å². The number of para-hydroxylation sites is 1. The van der Waals surface area contributed by atoms with Crippen LogP contribution < -0.4 is 10.2 Å². The van der Waals surface area contributed by atoms with Gasteiger partial charge >= 0.3 is 0 Å². The van der Waals surface area contributed by atoms with Crippen molar-refractivity contribution in [2.75, 3.05) is 31.1 Å². The molecule has 2 unspecified atom stereocenters. The molecule has 6 heteroatoms. The van der Waals surface area contributed by atoms with Crippen LogP contribution in [0.3, 0.4) is 0 Å². The highest BCUT2D eigenvalue weighted by Gasteiger charge is 2.47. The van der Waals surface area contributed by atoms with E-state index in [1.54, 1.807) is 0 Å². The number of piperazine rings is 1. The molecule has 1 N–H and O–H groups in total. The van der Waals surface area contributed by atoms with Crippen LogP contribution in [0.15, 0.2) is 65.4 Å². The number of nitrogens with one attached hydrogen (secondary N) is 1. The topological polar surface area (TPSA) is 57.4 Å². The molecule has 3 heterocycles. The molecule has 174 valence electrons. The Morgan fingerprint density at radius 3 is 2.61 bits per heavy atom. The van der Waals surface area contributed by atoms with Gasteiger partial charge in [-0.1, -0.05) is 43.3 Å². The van der Waals surface area contributed by atoms with Gasteiger partial charge in [-0.05, 0) is 47.9 Å². The predicted molar refractivity (Wildman–Crippen MR) is 131 cm³/mol. The summed E-state index contributed by atoms with van der Waals surface area (Å²) in [5.41, 5.74) is 3.89. The SMILES string of the molecule is CC1(C)C(Cc2cc(CN3CCN(c4ccccc4)CC3)on2)CC1NCc1cccnc1. The molecule has 0 radical (unpaired) electrons. The van der Waals surface area contributed by atoms with Gasteiger partial charge < -0.3 is 14.7 Å². The first-order chi connectivity index (χ1) is 16.1. The fourth-order valence-corrected chi connectivity index (χ4v) is 5.25. The second kappa shape index (κ2) is 9.65. The summed E-state index contributed by atoms with van der Waals surface area (Å²) < 4.78 is 5.72. The molecule has 5 rings (SSSR count). The van der Waals surface area contributed by atoms with Crippen molar-refractivity contribution in [2.45, 2.75) is 45.8 Å². The van der Waals surface area contributed by atoms with Crippen molar-refractivity contribution in [2.24, 2.45) is 11.3 Å². The first-order valence-corrected chi connectivity index (χ1v) is 12.2. The maximum Gasteiger partial charge on any atom is 0.150 e. The molecule has 2 fully saturated rings. The fourth-order valence-electron chi connectivity index (χ4n) is 5.25. The molecule has 0 bridgehead atoms. The summed E-state index contributed by atoms with van der Waals surface area (Å²) in [6.07, 6.45) is 5.93. The summed E-state index contributed by atoms with van der Waals surface area (Å²) in [5, 5.41) is 8.13. The third-order valence-corrected chi connectivity index (χ3v) is 7.68. The Bertz CT molecular complexity index is 1010. The van der Waals surface area contributed by atoms with E-state index >= 15 is 0 Å². The van der Waals surface area contributed by atoms with Crippen molar-refractivity contribution < 1.29 is 4.52 Å². The van der Waals surface area contributed by atoms with Gasteiger partial charge in [-0.25, -0.2) is 0 Å². The summed E-state index contributed by atoms with van der Waals surface area (Å²) >= 11 is 0. The van der Waals surface area contributed by atoms with Crippen LogP contribution in [0, 0.1) is 11.3 Å². The van der Waals surface area contributed by atoms with Gasteiger partial charge in [-0.15, -0.1) is 0 Å². The molecule has 1 saturated carbocycles. The second-order valence-corrected chi connectivity index (χ2v) is 10.1. The Kier molecular flexibility index (Phi) is 6.47. The molecule has 0 spiro atoms. The molecular formula is C27H35N5O. The van der Waals surface area contributed by atoms with E-state index in [9.17, 15) is 0 Å². The van der Waals surface area contributed by atoms with Crippen LogP contribution in [-0.4, -0.2) is 47.3 Å². The fraction of sp³-hybridized carbons (Fsp3) is 0.481.